The molecule has 0 spiro atoms. The first-order chi connectivity index (χ1) is 9.99. The minimum atomic E-state index is -0.829. The molecule has 0 amide bonds. The fourth-order valence-corrected chi connectivity index (χ4v) is 2.31. The lowest BCUT2D eigenvalue weighted by Gasteiger charge is -2.15. The second kappa shape index (κ2) is 6.65. The highest BCUT2D eigenvalue weighted by molar-refractivity contribution is 6.31. The number of hydrogen-bond donors (Lipinski definition) is 1. The normalized spacial score (nSPS) is 12.1. The first-order valence-electron chi connectivity index (χ1n) is 6.39. The zero-order valence-electron chi connectivity index (χ0n) is 11.3. The summed E-state index contributed by atoms with van der Waals surface area (Å²) in [6, 6.07) is 11.3. The van der Waals surface area contributed by atoms with E-state index in [1.165, 1.54) is 18.2 Å². The molecule has 1 unspecified atom stereocenters. The van der Waals surface area contributed by atoms with Crippen LogP contribution in [0.2, 0.25) is 5.02 Å². The van der Waals surface area contributed by atoms with Crippen molar-refractivity contribution in [2.24, 2.45) is 0 Å². The van der Waals surface area contributed by atoms with Crippen molar-refractivity contribution in [3.05, 3.63) is 74.5 Å². The number of benzene rings is 2. The number of hydrogen-bond acceptors (Lipinski definition) is 3. The van der Waals surface area contributed by atoms with E-state index >= 15 is 0 Å². The largest absolute Gasteiger partial charge is 0.306 e. The van der Waals surface area contributed by atoms with Gasteiger partial charge in [-0.05, 0) is 30.2 Å². The SMILES string of the molecule is CC(NCc1ccc([N+](=O)[O-])c(F)c1)c1ccccc1Cl. The van der Waals surface area contributed by atoms with Gasteiger partial charge >= 0.3 is 5.69 Å². The van der Waals surface area contributed by atoms with Gasteiger partial charge in [-0.2, -0.15) is 4.39 Å². The molecule has 0 aromatic heterocycles. The Labute approximate surface area is 126 Å². The van der Waals surface area contributed by atoms with Crippen LogP contribution in [0.1, 0.15) is 24.1 Å². The van der Waals surface area contributed by atoms with Crippen molar-refractivity contribution in [1.82, 2.24) is 5.32 Å². The molecule has 2 aromatic carbocycles. The van der Waals surface area contributed by atoms with Crippen LogP contribution >= 0.6 is 11.6 Å². The second-order valence-electron chi connectivity index (χ2n) is 4.67. The van der Waals surface area contributed by atoms with E-state index in [-0.39, 0.29) is 6.04 Å². The Morgan fingerprint density at radius 1 is 1.33 bits per heavy atom. The third kappa shape index (κ3) is 3.77. The molecule has 1 N–H and O–H groups in total. The van der Waals surface area contributed by atoms with E-state index in [9.17, 15) is 14.5 Å². The molecule has 0 aliphatic carbocycles. The zero-order chi connectivity index (χ0) is 15.4. The Balaban J connectivity index is 2.05. The predicted molar refractivity (Wildman–Crippen MR) is 79.8 cm³/mol. The topological polar surface area (TPSA) is 55.2 Å². The molecule has 110 valence electrons. The summed E-state index contributed by atoms with van der Waals surface area (Å²) < 4.78 is 13.5. The lowest BCUT2D eigenvalue weighted by molar-refractivity contribution is -0.387. The van der Waals surface area contributed by atoms with Crippen molar-refractivity contribution in [3.8, 4) is 0 Å². The average molecular weight is 309 g/mol. The van der Waals surface area contributed by atoms with Crippen molar-refractivity contribution in [3.63, 3.8) is 0 Å². The van der Waals surface area contributed by atoms with E-state index in [2.05, 4.69) is 5.32 Å². The summed E-state index contributed by atoms with van der Waals surface area (Å²) in [5.41, 5.74) is 1.07. The molecular formula is C15H14ClFN2O2. The molecule has 0 saturated heterocycles. The third-order valence-electron chi connectivity index (χ3n) is 3.19. The van der Waals surface area contributed by atoms with Gasteiger partial charge in [0.05, 0.1) is 4.92 Å². The summed E-state index contributed by atoms with van der Waals surface area (Å²) in [4.78, 5) is 9.82. The maximum Gasteiger partial charge on any atom is 0.304 e. The molecule has 0 saturated carbocycles. The summed E-state index contributed by atoms with van der Waals surface area (Å²) >= 11 is 6.11. The average Bonchev–Trinajstić information content (AvgIpc) is 2.45. The predicted octanol–water partition coefficient (Wildman–Crippen LogP) is 4.24. The van der Waals surface area contributed by atoms with E-state index in [0.29, 0.717) is 17.1 Å². The third-order valence-corrected chi connectivity index (χ3v) is 3.54. The van der Waals surface area contributed by atoms with Gasteiger partial charge in [0.15, 0.2) is 0 Å². The van der Waals surface area contributed by atoms with Gasteiger partial charge in [0.25, 0.3) is 0 Å². The number of halogens is 2. The Kier molecular flexibility index (Phi) is 4.88. The minimum Gasteiger partial charge on any atom is -0.306 e. The number of nitro benzene ring substituents is 1. The van der Waals surface area contributed by atoms with Gasteiger partial charge in [0.1, 0.15) is 0 Å². The molecule has 0 radical (unpaired) electrons. The molecule has 4 nitrogen and oxygen atoms in total. The van der Waals surface area contributed by atoms with E-state index in [4.69, 9.17) is 11.6 Å². The van der Waals surface area contributed by atoms with Crippen molar-refractivity contribution in [2.75, 3.05) is 0 Å². The van der Waals surface area contributed by atoms with Crippen LogP contribution in [0, 0.1) is 15.9 Å². The van der Waals surface area contributed by atoms with Gasteiger partial charge in [-0.1, -0.05) is 35.9 Å². The fraction of sp³-hybridized carbons (Fsp3) is 0.200. The highest BCUT2D eigenvalue weighted by Gasteiger charge is 2.14. The summed E-state index contributed by atoms with van der Waals surface area (Å²) in [7, 11) is 0. The molecule has 0 fully saturated rings. The molecule has 0 aliphatic rings. The lowest BCUT2D eigenvalue weighted by atomic mass is 10.1. The Bertz CT molecular complexity index is 664. The van der Waals surface area contributed by atoms with Crippen molar-refractivity contribution in [2.45, 2.75) is 19.5 Å². The quantitative estimate of drug-likeness (QED) is 0.664. The highest BCUT2D eigenvalue weighted by Crippen LogP contribution is 2.23. The molecule has 0 bridgehead atoms. The van der Waals surface area contributed by atoms with Gasteiger partial charge in [0.2, 0.25) is 5.82 Å². The number of nitrogens with zero attached hydrogens (tertiary/aromatic N) is 1. The van der Waals surface area contributed by atoms with Crippen LogP contribution in [0.3, 0.4) is 0 Å². The Morgan fingerprint density at radius 3 is 2.67 bits per heavy atom. The van der Waals surface area contributed by atoms with Gasteiger partial charge in [-0.15, -0.1) is 0 Å². The Morgan fingerprint density at radius 2 is 2.05 bits per heavy atom. The van der Waals surface area contributed by atoms with E-state index < -0.39 is 16.4 Å². The fourth-order valence-electron chi connectivity index (χ4n) is 2.02. The molecular weight excluding hydrogens is 295 g/mol. The summed E-state index contributed by atoms with van der Waals surface area (Å²) in [6.45, 7) is 2.34. The maximum absolute atomic E-state index is 13.5. The summed E-state index contributed by atoms with van der Waals surface area (Å²) in [5.74, 6) is -0.829. The maximum atomic E-state index is 13.5. The minimum absolute atomic E-state index is 0.0167. The first kappa shape index (κ1) is 15.4. The summed E-state index contributed by atoms with van der Waals surface area (Å²) in [5, 5.41) is 14.4. The van der Waals surface area contributed by atoms with Gasteiger partial charge < -0.3 is 5.32 Å². The van der Waals surface area contributed by atoms with Crippen LogP contribution in [0.4, 0.5) is 10.1 Å². The van der Waals surface area contributed by atoms with Crippen molar-refractivity contribution < 1.29 is 9.31 Å². The van der Waals surface area contributed by atoms with Crippen LogP contribution < -0.4 is 5.32 Å². The summed E-state index contributed by atoms with van der Waals surface area (Å²) in [6.07, 6.45) is 0. The van der Waals surface area contributed by atoms with E-state index in [1.54, 1.807) is 6.07 Å². The monoisotopic (exact) mass is 308 g/mol. The van der Waals surface area contributed by atoms with Crippen LogP contribution in [-0.4, -0.2) is 4.92 Å². The molecule has 0 aliphatic heterocycles. The van der Waals surface area contributed by atoms with Gasteiger partial charge in [-0.25, -0.2) is 0 Å². The standard InChI is InChI=1S/C15H14ClFN2O2/c1-10(12-4-2-3-5-13(12)16)18-9-11-6-7-15(19(20)21)14(17)8-11/h2-8,10,18H,9H2,1H3. The van der Waals surface area contributed by atoms with Crippen LogP contribution in [-0.2, 0) is 6.54 Å². The number of nitro groups is 1. The van der Waals surface area contributed by atoms with Crippen molar-refractivity contribution in [1.29, 1.82) is 0 Å². The number of rotatable bonds is 5. The van der Waals surface area contributed by atoms with E-state index in [0.717, 1.165) is 5.56 Å². The van der Waals surface area contributed by atoms with Gasteiger partial charge in [-0.3, -0.25) is 10.1 Å². The smallest absolute Gasteiger partial charge is 0.304 e. The molecule has 6 heteroatoms. The Hall–Kier alpha value is -1.98. The lowest BCUT2D eigenvalue weighted by Crippen LogP contribution is -2.18. The second-order valence-corrected chi connectivity index (χ2v) is 5.07. The zero-order valence-corrected chi connectivity index (χ0v) is 12.1. The number of nitrogens with one attached hydrogen (secondary N) is 1. The molecule has 2 aromatic rings. The van der Waals surface area contributed by atoms with Crippen LogP contribution in [0.25, 0.3) is 0 Å². The van der Waals surface area contributed by atoms with Crippen LogP contribution in [0.5, 0.6) is 0 Å². The molecule has 2 rings (SSSR count). The van der Waals surface area contributed by atoms with Crippen LogP contribution in [0.15, 0.2) is 42.5 Å². The molecule has 21 heavy (non-hydrogen) atoms. The molecule has 1 atom stereocenters. The molecule has 0 heterocycles. The first-order valence-corrected chi connectivity index (χ1v) is 6.77. The van der Waals surface area contributed by atoms with E-state index in [1.807, 2.05) is 25.1 Å². The highest BCUT2D eigenvalue weighted by atomic mass is 35.5. The van der Waals surface area contributed by atoms with Gasteiger partial charge in [0, 0.05) is 23.7 Å². The van der Waals surface area contributed by atoms with Crippen molar-refractivity contribution >= 4 is 17.3 Å².